The average Bonchev–Trinajstić information content (AvgIpc) is 2.81. The van der Waals surface area contributed by atoms with Gasteiger partial charge in [0.05, 0.1) is 17.0 Å². The van der Waals surface area contributed by atoms with E-state index in [-0.39, 0.29) is 0 Å². The Bertz CT molecular complexity index is 613. The zero-order chi connectivity index (χ0) is 14.2. The molecule has 0 aliphatic carbocycles. The average molecular weight is 279 g/mol. The zero-order valence-electron chi connectivity index (χ0n) is 11.5. The molecule has 0 fully saturated rings. The SMILES string of the molecule is Cc1nn(C)cc1-c1nc(CC(C)C)c(C(=O)O)s1. The summed E-state index contributed by atoms with van der Waals surface area (Å²) in [5.41, 5.74) is 2.44. The van der Waals surface area contributed by atoms with E-state index in [0.717, 1.165) is 16.3 Å². The molecule has 2 heterocycles. The summed E-state index contributed by atoms with van der Waals surface area (Å²) < 4.78 is 1.72. The molecule has 0 aromatic carbocycles. The van der Waals surface area contributed by atoms with Crippen LogP contribution >= 0.6 is 11.3 Å². The second kappa shape index (κ2) is 5.13. The maximum atomic E-state index is 11.3. The van der Waals surface area contributed by atoms with E-state index < -0.39 is 5.97 Å². The topological polar surface area (TPSA) is 68.0 Å². The van der Waals surface area contributed by atoms with Gasteiger partial charge in [0, 0.05) is 13.2 Å². The van der Waals surface area contributed by atoms with Crippen LogP contribution < -0.4 is 0 Å². The predicted molar refractivity (Wildman–Crippen MR) is 74.6 cm³/mol. The van der Waals surface area contributed by atoms with Crippen molar-refractivity contribution in [2.75, 3.05) is 0 Å². The number of carbonyl (C=O) groups is 1. The van der Waals surface area contributed by atoms with Crippen molar-refractivity contribution in [3.63, 3.8) is 0 Å². The van der Waals surface area contributed by atoms with Crippen LogP contribution in [-0.4, -0.2) is 25.8 Å². The second-order valence-electron chi connectivity index (χ2n) is 5.00. The predicted octanol–water partition coefficient (Wildman–Crippen LogP) is 2.75. The summed E-state index contributed by atoms with van der Waals surface area (Å²) in [5, 5.41) is 14.3. The van der Waals surface area contributed by atoms with Gasteiger partial charge in [-0.25, -0.2) is 9.78 Å². The summed E-state index contributed by atoms with van der Waals surface area (Å²) >= 11 is 1.23. The largest absolute Gasteiger partial charge is 0.477 e. The highest BCUT2D eigenvalue weighted by Gasteiger charge is 2.20. The summed E-state index contributed by atoms with van der Waals surface area (Å²) in [5.74, 6) is -0.524. The highest BCUT2D eigenvalue weighted by Crippen LogP contribution is 2.31. The van der Waals surface area contributed by atoms with E-state index in [2.05, 4.69) is 23.9 Å². The summed E-state index contributed by atoms with van der Waals surface area (Å²) in [7, 11) is 1.84. The van der Waals surface area contributed by atoms with Crippen LogP contribution in [0.4, 0.5) is 0 Å². The number of aryl methyl sites for hydroxylation is 2. The van der Waals surface area contributed by atoms with Crippen LogP contribution in [0.15, 0.2) is 6.20 Å². The van der Waals surface area contributed by atoms with E-state index in [1.54, 1.807) is 4.68 Å². The maximum Gasteiger partial charge on any atom is 0.347 e. The van der Waals surface area contributed by atoms with Crippen LogP contribution in [-0.2, 0) is 13.5 Å². The quantitative estimate of drug-likeness (QED) is 0.934. The van der Waals surface area contributed by atoms with Gasteiger partial charge in [-0.2, -0.15) is 5.10 Å². The van der Waals surface area contributed by atoms with Crippen molar-refractivity contribution < 1.29 is 9.90 Å². The fourth-order valence-corrected chi connectivity index (χ4v) is 2.96. The van der Waals surface area contributed by atoms with Gasteiger partial charge in [0.15, 0.2) is 0 Å². The molecule has 102 valence electrons. The Morgan fingerprint density at radius 3 is 2.68 bits per heavy atom. The van der Waals surface area contributed by atoms with Gasteiger partial charge < -0.3 is 5.11 Å². The number of aromatic nitrogens is 3. The Morgan fingerprint density at radius 2 is 2.21 bits per heavy atom. The van der Waals surface area contributed by atoms with Gasteiger partial charge in [-0.1, -0.05) is 13.8 Å². The van der Waals surface area contributed by atoms with E-state index in [1.165, 1.54) is 11.3 Å². The summed E-state index contributed by atoms with van der Waals surface area (Å²) in [6.45, 7) is 6.01. The molecule has 0 saturated carbocycles. The van der Waals surface area contributed by atoms with Crippen LogP contribution in [0.1, 0.15) is 34.9 Å². The van der Waals surface area contributed by atoms with Crippen molar-refractivity contribution in [3.8, 4) is 10.6 Å². The molecule has 0 amide bonds. The highest BCUT2D eigenvalue weighted by atomic mass is 32.1. The van der Waals surface area contributed by atoms with Crippen molar-refractivity contribution in [3.05, 3.63) is 22.5 Å². The molecule has 2 aromatic rings. The maximum absolute atomic E-state index is 11.3. The molecule has 0 radical (unpaired) electrons. The first-order chi connectivity index (χ1) is 8.88. The molecular formula is C13H17N3O2S. The first-order valence-electron chi connectivity index (χ1n) is 6.12. The van der Waals surface area contributed by atoms with Gasteiger partial charge in [-0.3, -0.25) is 4.68 Å². The van der Waals surface area contributed by atoms with Gasteiger partial charge in [0.1, 0.15) is 9.88 Å². The molecule has 2 aromatic heterocycles. The van der Waals surface area contributed by atoms with E-state index in [9.17, 15) is 9.90 Å². The molecule has 1 N–H and O–H groups in total. The standard InChI is InChI=1S/C13H17N3O2S/c1-7(2)5-10-11(13(17)18)19-12(14-10)9-6-16(4)15-8(9)3/h6-7H,5H2,1-4H3,(H,17,18). The second-order valence-corrected chi connectivity index (χ2v) is 6.00. The molecule has 0 saturated heterocycles. The van der Waals surface area contributed by atoms with Crippen LogP contribution in [0.5, 0.6) is 0 Å². The van der Waals surface area contributed by atoms with Crippen molar-refractivity contribution in [2.45, 2.75) is 27.2 Å². The van der Waals surface area contributed by atoms with Crippen LogP contribution in [0.2, 0.25) is 0 Å². The Hall–Kier alpha value is -1.69. The minimum Gasteiger partial charge on any atom is -0.477 e. The lowest BCUT2D eigenvalue weighted by Crippen LogP contribution is -2.02. The van der Waals surface area contributed by atoms with Crippen molar-refractivity contribution in [2.24, 2.45) is 13.0 Å². The van der Waals surface area contributed by atoms with Gasteiger partial charge in [0.2, 0.25) is 0 Å². The minimum absolute atomic E-state index is 0.340. The molecule has 5 nitrogen and oxygen atoms in total. The van der Waals surface area contributed by atoms with E-state index in [4.69, 9.17) is 0 Å². The van der Waals surface area contributed by atoms with E-state index >= 15 is 0 Å². The van der Waals surface area contributed by atoms with Crippen molar-refractivity contribution in [1.82, 2.24) is 14.8 Å². The Balaban J connectivity index is 2.48. The van der Waals surface area contributed by atoms with Gasteiger partial charge >= 0.3 is 5.97 Å². The zero-order valence-corrected chi connectivity index (χ0v) is 12.3. The number of aromatic carboxylic acids is 1. The molecule has 19 heavy (non-hydrogen) atoms. The van der Waals surface area contributed by atoms with Crippen LogP contribution in [0, 0.1) is 12.8 Å². The lowest BCUT2D eigenvalue weighted by Gasteiger charge is -2.01. The lowest BCUT2D eigenvalue weighted by molar-refractivity contribution is 0.0700. The fraction of sp³-hybridized carbons (Fsp3) is 0.462. The number of rotatable bonds is 4. The molecule has 0 atom stereocenters. The first kappa shape index (κ1) is 13.7. The number of hydrogen-bond acceptors (Lipinski definition) is 4. The molecule has 0 spiro atoms. The molecule has 0 aliphatic rings. The van der Waals surface area contributed by atoms with E-state index in [1.807, 2.05) is 20.2 Å². The minimum atomic E-state index is -0.902. The number of carboxylic acids is 1. The normalized spacial score (nSPS) is 11.2. The molecule has 2 rings (SSSR count). The molecular weight excluding hydrogens is 262 g/mol. The Morgan fingerprint density at radius 1 is 1.53 bits per heavy atom. The van der Waals surface area contributed by atoms with Crippen LogP contribution in [0.3, 0.4) is 0 Å². The van der Waals surface area contributed by atoms with Crippen molar-refractivity contribution in [1.29, 1.82) is 0 Å². The summed E-state index contributed by atoms with van der Waals surface area (Å²) in [6, 6.07) is 0. The summed E-state index contributed by atoms with van der Waals surface area (Å²) in [4.78, 5) is 16.1. The third-order valence-corrected chi connectivity index (χ3v) is 3.86. The monoisotopic (exact) mass is 279 g/mol. The van der Waals surface area contributed by atoms with E-state index in [0.29, 0.717) is 22.9 Å². The fourth-order valence-electron chi connectivity index (χ4n) is 1.97. The highest BCUT2D eigenvalue weighted by molar-refractivity contribution is 7.17. The third-order valence-electron chi connectivity index (χ3n) is 2.74. The molecule has 0 unspecified atom stereocenters. The first-order valence-corrected chi connectivity index (χ1v) is 6.93. The summed E-state index contributed by atoms with van der Waals surface area (Å²) in [6.07, 6.45) is 2.55. The van der Waals surface area contributed by atoms with Gasteiger partial charge in [-0.05, 0) is 19.3 Å². The third kappa shape index (κ3) is 2.84. The van der Waals surface area contributed by atoms with Crippen LogP contribution in [0.25, 0.3) is 10.6 Å². The number of nitrogens with zero attached hydrogens (tertiary/aromatic N) is 3. The molecule has 0 bridgehead atoms. The Labute approximate surface area is 115 Å². The lowest BCUT2D eigenvalue weighted by atomic mass is 10.1. The van der Waals surface area contributed by atoms with Gasteiger partial charge in [-0.15, -0.1) is 11.3 Å². The molecule has 6 heteroatoms. The van der Waals surface area contributed by atoms with Crippen molar-refractivity contribution >= 4 is 17.3 Å². The Kier molecular flexibility index (Phi) is 3.71. The van der Waals surface area contributed by atoms with Gasteiger partial charge in [0.25, 0.3) is 0 Å². The number of thiazole rings is 1. The number of carboxylic acid groups (broad SMARTS) is 1. The molecule has 0 aliphatic heterocycles. The smallest absolute Gasteiger partial charge is 0.347 e. The number of hydrogen-bond donors (Lipinski definition) is 1.